The maximum absolute atomic E-state index is 14.2. The number of halogens is 5. The average molecular weight is 421 g/mol. The van der Waals surface area contributed by atoms with Gasteiger partial charge < -0.3 is 4.52 Å². The Morgan fingerprint density at radius 1 is 1.27 bits per heavy atom. The third-order valence-corrected chi connectivity index (χ3v) is 5.75. The molecule has 0 fully saturated rings. The summed E-state index contributed by atoms with van der Waals surface area (Å²) in [5, 5.41) is 4.10. The Bertz CT molecular complexity index is 933. The number of thioether (sulfide) groups is 1. The summed E-state index contributed by atoms with van der Waals surface area (Å²) in [4.78, 5) is 4.73. The summed E-state index contributed by atoms with van der Waals surface area (Å²) in [6, 6.07) is 4.32. The second-order valence-electron chi connectivity index (χ2n) is 4.93. The molecule has 3 aromatic rings. The molecule has 3 rings (SSSR count). The van der Waals surface area contributed by atoms with Gasteiger partial charge in [0, 0.05) is 23.9 Å². The van der Waals surface area contributed by atoms with Crippen molar-refractivity contribution < 1.29 is 22.1 Å². The van der Waals surface area contributed by atoms with E-state index < -0.39 is 17.7 Å². The molecule has 2 heterocycles. The van der Waals surface area contributed by atoms with Crippen molar-refractivity contribution in [3.05, 3.63) is 53.4 Å². The Morgan fingerprint density at radius 2 is 2.08 bits per heavy atom. The number of nitrogens with zero attached hydrogens (tertiary/aromatic N) is 2. The zero-order valence-corrected chi connectivity index (χ0v) is 15.2. The van der Waals surface area contributed by atoms with Crippen molar-refractivity contribution in [2.45, 2.75) is 10.8 Å². The normalized spacial score (nSPS) is 11.0. The minimum atomic E-state index is -2.31. The van der Waals surface area contributed by atoms with Gasteiger partial charge in [-0.05, 0) is 12.1 Å². The number of hydrogen-bond donors (Lipinski definition) is 0. The van der Waals surface area contributed by atoms with E-state index in [1.165, 1.54) is 35.9 Å². The molecule has 0 amide bonds. The molecule has 0 atom stereocenters. The molecular weight excluding hydrogens is 412 g/mol. The zero-order chi connectivity index (χ0) is 18.7. The van der Waals surface area contributed by atoms with Crippen molar-refractivity contribution in [3.8, 4) is 21.7 Å². The first kappa shape index (κ1) is 18.9. The van der Waals surface area contributed by atoms with Gasteiger partial charge in [-0.3, -0.25) is 0 Å². The Balaban J connectivity index is 1.81. The fourth-order valence-corrected chi connectivity index (χ4v) is 4.35. The topological polar surface area (TPSA) is 38.9 Å². The second kappa shape index (κ2) is 8.24. The molecule has 136 valence electrons. The highest BCUT2D eigenvalue weighted by atomic mass is 35.5. The van der Waals surface area contributed by atoms with Crippen LogP contribution in [0.3, 0.4) is 0 Å². The summed E-state index contributed by atoms with van der Waals surface area (Å²) in [6.07, 6.45) is 0.100. The van der Waals surface area contributed by atoms with E-state index in [0.717, 1.165) is 11.8 Å². The summed E-state index contributed by atoms with van der Waals surface area (Å²) >= 11 is 8.43. The molecule has 3 nitrogen and oxygen atoms in total. The van der Waals surface area contributed by atoms with Crippen molar-refractivity contribution in [3.63, 3.8) is 0 Å². The number of thiazole rings is 1. The van der Waals surface area contributed by atoms with Crippen LogP contribution in [0.1, 0.15) is 6.42 Å². The van der Waals surface area contributed by atoms with Gasteiger partial charge in [0.05, 0.1) is 15.5 Å². The molecule has 2 aromatic heterocycles. The third-order valence-electron chi connectivity index (χ3n) is 3.27. The van der Waals surface area contributed by atoms with Crippen LogP contribution in [-0.2, 0) is 0 Å². The lowest BCUT2D eigenvalue weighted by Gasteiger charge is -2.03. The van der Waals surface area contributed by atoms with E-state index in [9.17, 15) is 17.6 Å². The first-order valence-electron chi connectivity index (χ1n) is 7.14. The van der Waals surface area contributed by atoms with Crippen LogP contribution >= 0.6 is 34.7 Å². The number of rotatable bonds is 6. The van der Waals surface area contributed by atoms with Gasteiger partial charge in [0.2, 0.25) is 0 Å². The minimum Gasteiger partial charge on any atom is -0.363 e. The quantitative estimate of drug-likeness (QED) is 0.324. The zero-order valence-electron chi connectivity index (χ0n) is 12.8. The standard InChI is InChI=1S/C16H9ClF4N2OS2/c17-9-2-1-3-10(18)13(9)8-7-24-23-14(8)12-6-22-16(26-12)25-5-4-11(19)15(20)21/h1-3,6-7H,4-5H2. The number of aromatic nitrogens is 2. The summed E-state index contributed by atoms with van der Waals surface area (Å²) < 4.78 is 56.5. The summed E-state index contributed by atoms with van der Waals surface area (Å²) in [5.41, 5.74) is 0.905. The third kappa shape index (κ3) is 4.11. The van der Waals surface area contributed by atoms with Crippen molar-refractivity contribution in [1.29, 1.82) is 0 Å². The smallest absolute Gasteiger partial charge is 0.301 e. The molecule has 0 spiro atoms. The molecule has 0 bridgehead atoms. The Kier molecular flexibility index (Phi) is 6.00. The lowest BCUT2D eigenvalue weighted by Crippen LogP contribution is -1.86. The number of benzene rings is 1. The van der Waals surface area contributed by atoms with E-state index in [0.29, 0.717) is 20.5 Å². The van der Waals surface area contributed by atoms with Gasteiger partial charge in [-0.15, -0.1) is 11.3 Å². The van der Waals surface area contributed by atoms with Crippen LogP contribution in [0.2, 0.25) is 5.02 Å². The SMILES string of the molecule is FC(F)=C(F)CCSc1ncc(-c2nocc2-c2c(F)cccc2Cl)s1. The monoisotopic (exact) mass is 420 g/mol. The van der Waals surface area contributed by atoms with Crippen LogP contribution in [-0.4, -0.2) is 15.9 Å². The molecular formula is C16H9ClF4N2OS2. The average Bonchev–Trinajstić information content (AvgIpc) is 3.23. The predicted molar refractivity (Wildman–Crippen MR) is 93.7 cm³/mol. The highest BCUT2D eigenvalue weighted by molar-refractivity contribution is 8.01. The maximum atomic E-state index is 14.2. The van der Waals surface area contributed by atoms with E-state index in [2.05, 4.69) is 10.1 Å². The number of allylic oxidation sites excluding steroid dienone is 1. The molecule has 0 radical (unpaired) electrons. The molecule has 0 saturated carbocycles. The minimum absolute atomic E-state index is 0.112. The van der Waals surface area contributed by atoms with E-state index in [1.807, 2.05) is 0 Å². The van der Waals surface area contributed by atoms with E-state index in [1.54, 1.807) is 6.07 Å². The first-order chi connectivity index (χ1) is 12.5. The van der Waals surface area contributed by atoms with Gasteiger partial charge >= 0.3 is 6.08 Å². The Morgan fingerprint density at radius 3 is 2.81 bits per heavy atom. The molecule has 0 N–H and O–H groups in total. The first-order valence-corrected chi connectivity index (χ1v) is 9.32. The van der Waals surface area contributed by atoms with Crippen LogP contribution < -0.4 is 0 Å². The highest BCUT2D eigenvalue weighted by Crippen LogP contribution is 2.40. The van der Waals surface area contributed by atoms with E-state index >= 15 is 0 Å². The molecule has 1 aromatic carbocycles. The molecule has 0 aliphatic heterocycles. The molecule has 0 saturated heterocycles. The van der Waals surface area contributed by atoms with Gasteiger partial charge in [0.15, 0.2) is 5.83 Å². The van der Waals surface area contributed by atoms with Crippen molar-refractivity contribution >= 4 is 34.7 Å². The van der Waals surface area contributed by atoms with Gasteiger partial charge in [-0.25, -0.2) is 13.8 Å². The van der Waals surface area contributed by atoms with Gasteiger partial charge in [-0.2, -0.15) is 8.78 Å². The van der Waals surface area contributed by atoms with Gasteiger partial charge in [0.1, 0.15) is 22.1 Å². The molecule has 10 heteroatoms. The largest absolute Gasteiger partial charge is 0.363 e. The van der Waals surface area contributed by atoms with Crippen LogP contribution in [0, 0.1) is 5.82 Å². The predicted octanol–water partition coefficient (Wildman–Crippen LogP) is 6.82. The van der Waals surface area contributed by atoms with Crippen molar-refractivity contribution in [2.24, 2.45) is 0 Å². The highest BCUT2D eigenvalue weighted by Gasteiger charge is 2.20. The molecule has 0 aliphatic rings. The van der Waals surface area contributed by atoms with Crippen molar-refractivity contribution in [1.82, 2.24) is 10.1 Å². The lowest BCUT2D eigenvalue weighted by atomic mass is 10.1. The second-order valence-corrected chi connectivity index (χ2v) is 7.71. The Hall–Kier alpha value is -1.84. The lowest BCUT2D eigenvalue weighted by molar-refractivity contribution is 0.373. The van der Waals surface area contributed by atoms with E-state index in [4.69, 9.17) is 16.1 Å². The van der Waals surface area contributed by atoms with Crippen LogP contribution in [0.15, 0.2) is 51.4 Å². The number of hydrogen-bond acceptors (Lipinski definition) is 5. The summed E-state index contributed by atoms with van der Waals surface area (Å²) in [6.45, 7) is 0. The fraction of sp³-hybridized carbons (Fsp3) is 0.125. The van der Waals surface area contributed by atoms with E-state index in [-0.39, 0.29) is 22.8 Å². The van der Waals surface area contributed by atoms with Crippen molar-refractivity contribution in [2.75, 3.05) is 5.75 Å². The summed E-state index contributed by atoms with van der Waals surface area (Å²) in [7, 11) is 0. The molecule has 0 unspecified atom stereocenters. The molecule has 26 heavy (non-hydrogen) atoms. The molecule has 0 aliphatic carbocycles. The van der Waals surface area contributed by atoms with Crippen LogP contribution in [0.5, 0.6) is 0 Å². The Labute approximate surface area is 158 Å². The fourth-order valence-electron chi connectivity index (χ4n) is 2.10. The van der Waals surface area contributed by atoms with Crippen LogP contribution in [0.4, 0.5) is 17.6 Å². The maximum Gasteiger partial charge on any atom is 0.301 e. The van der Waals surface area contributed by atoms with Gasteiger partial charge in [0.25, 0.3) is 0 Å². The van der Waals surface area contributed by atoms with Gasteiger partial charge in [-0.1, -0.05) is 34.6 Å². The van der Waals surface area contributed by atoms with Crippen LogP contribution in [0.25, 0.3) is 21.7 Å². The summed E-state index contributed by atoms with van der Waals surface area (Å²) in [5.74, 6) is -1.83.